The molecule has 1 atom stereocenters. The number of fused-ring (bicyclic) bond motifs is 1. The van der Waals surface area contributed by atoms with Crippen LogP contribution in [-0.2, 0) is 7.05 Å². The molecule has 5 heteroatoms. The van der Waals surface area contributed by atoms with E-state index in [1.54, 1.807) is 13.3 Å². The van der Waals surface area contributed by atoms with Crippen molar-refractivity contribution in [1.82, 2.24) is 14.5 Å². The molecule has 1 fully saturated rings. The van der Waals surface area contributed by atoms with Crippen LogP contribution < -0.4 is 4.74 Å². The van der Waals surface area contributed by atoms with Crippen LogP contribution in [0.5, 0.6) is 5.75 Å². The van der Waals surface area contributed by atoms with Crippen molar-refractivity contribution in [2.75, 3.05) is 14.2 Å². The summed E-state index contributed by atoms with van der Waals surface area (Å²) in [5.74, 6) is 1.28. The lowest BCUT2D eigenvalue weighted by molar-refractivity contribution is 0.0708. The lowest BCUT2D eigenvalue weighted by Crippen LogP contribution is -2.33. The highest BCUT2D eigenvalue weighted by Gasteiger charge is 2.38. The molecule has 0 spiro atoms. The number of rotatable bonds is 5. The summed E-state index contributed by atoms with van der Waals surface area (Å²) in [6, 6.07) is 11.8. The number of methoxy groups -OCH3 is 1. The first kappa shape index (κ1) is 17.6. The summed E-state index contributed by atoms with van der Waals surface area (Å²) in [6.07, 6.45) is 4.08. The smallest absolute Gasteiger partial charge is 0.256 e. The molecule has 0 saturated heterocycles. The van der Waals surface area contributed by atoms with E-state index in [0.29, 0.717) is 5.92 Å². The maximum absolute atomic E-state index is 13.6. The van der Waals surface area contributed by atoms with E-state index in [1.807, 2.05) is 62.3 Å². The third-order valence-corrected chi connectivity index (χ3v) is 5.71. The largest absolute Gasteiger partial charge is 0.497 e. The van der Waals surface area contributed by atoms with E-state index < -0.39 is 0 Å². The van der Waals surface area contributed by atoms with Crippen molar-refractivity contribution in [3.8, 4) is 5.75 Å². The standard InChI is InChI=1S/C22H25N3O2/c1-14-20(17-13-16(27-4)10-11-19(17)24(14)2)22(26)25(3)21(15-8-9-15)18-7-5-6-12-23-18/h5-7,10-13,15,21H,8-9H2,1-4H3/t21-/m1/s1. The molecule has 1 aromatic carbocycles. The van der Waals surface area contributed by atoms with Gasteiger partial charge in [-0.3, -0.25) is 9.78 Å². The monoisotopic (exact) mass is 363 g/mol. The summed E-state index contributed by atoms with van der Waals surface area (Å²) in [7, 11) is 5.55. The number of hydrogen-bond donors (Lipinski definition) is 0. The van der Waals surface area contributed by atoms with Crippen LogP contribution in [0.2, 0.25) is 0 Å². The molecule has 0 unspecified atom stereocenters. The molecule has 3 aromatic rings. The highest BCUT2D eigenvalue weighted by molar-refractivity contribution is 6.08. The Morgan fingerprint density at radius 2 is 2.07 bits per heavy atom. The normalized spacial score (nSPS) is 15.0. The third-order valence-electron chi connectivity index (χ3n) is 5.71. The van der Waals surface area contributed by atoms with Crippen LogP contribution in [0.4, 0.5) is 0 Å². The van der Waals surface area contributed by atoms with Gasteiger partial charge in [0.1, 0.15) is 5.75 Å². The van der Waals surface area contributed by atoms with Crippen molar-refractivity contribution in [3.63, 3.8) is 0 Å². The van der Waals surface area contributed by atoms with Crippen LogP contribution in [0.1, 0.15) is 40.6 Å². The van der Waals surface area contributed by atoms with E-state index in [9.17, 15) is 4.79 Å². The topological polar surface area (TPSA) is 47.4 Å². The summed E-state index contributed by atoms with van der Waals surface area (Å²) < 4.78 is 7.46. The number of aromatic nitrogens is 2. The van der Waals surface area contributed by atoms with Crippen LogP contribution in [0.3, 0.4) is 0 Å². The second-order valence-electron chi connectivity index (χ2n) is 7.36. The van der Waals surface area contributed by atoms with Gasteiger partial charge in [0.05, 0.1) is 24.4 Å². The van der Waals surface area contributed by atoms with E-state index in [-0.39, 0.29) is 11.9 Å². The van der Waals surface area contributed by atoms with E-state index in [2.05, 4.69) is 9.55 Å². The van der Waals surface area contributed by atoms with E-state index in [0.717, 1.165) is 46.4 Å². The Bertz CT molecular complexity index is 990. The van der Waals surface area contributed by atoms with E-state index in [4.69, 9.17) is 4.74 Å². The lowest BCUT2D eigenvalue weighted by atomic mass is 10.0. The Morgan fingerprint density at radius 3 is 2.70 bits per heavy atom. The van der Waals surface area contributed by atoms with Crippen molar-refractivity contribution >= 4 is 16.8 Å². The minimum absolute atomic E-state index is 0.0129. The maximum Gasteiger partial charge on any atom is 0.256 e. The summed E-state index contributed by atoms with van der Waals surface area (Å²) in [4.78, 5) is 20.0. The molecule has 0 N–H and O–H groups in total. The van der Waals surface area contributed by atoms with E-state index in [1.165, 1.54) is 0 Å². The average Bonchev–Trinajstić information content (AvgIpc) is 3.49. The zero-order chi connectivity index (χ0) is 19.1. The van der Waals surface area contributed by atoms with Crippen LogP contribution >= 0.6 is 0 Å². The van der Waals surface area contributed by atoms with Gasteiger partial charge in [0.2, 0.25) is 0 Å². The summed E-state index contributed by atoms with van der Waals surface area (Å²) in [5, 5.41) is 0.932. The van der Waals surface area contributed by atoms with Crippen molar-refractivity contribution < 1.29 is 9.53 Å². The van der Waals surface area contributed by atoms with Gasteiger partial charge in [-0.2, -0.15) is 0 Å². The average molecular weight is 363 g/mol. The Balaban J connectivity index is 1.78. The molecular weight excluding hydrogens is 338 g/mol. The lowest BCUT2D eigenvalue weighted by Gasteiger charge is -2.28. The minimum atomic E-state index is 0.0129. The van der Waals surface area contributed by atoms with Crippen LogP contribution in [0, 0.1) is 12.8 Å². The molecule has 1 saturated carbocycles. The Labute approximate surface area is 159 Å². The molecule has 1 amide bonds. The van der Waals surface area contributed by atoms with Gasteiger partial charge < -0.3 is 14.2 Å². The number of benzene rings is 1. The molecule has 2 heterocycles. The number of hydrogen-bond acceptors (Lipinski definition) is 3. The molecule has 140 valence electrons. The Hall–Kier alpha value is -2.82. The second-order valence-corrected chi connectivity index (χ2v) is 7.36. The quantitative estimate of drug-likeness (QED) is 0.685. The Morgan fingerprint density at radius 1 is 1.30 bits per heavy atom. The summed E-state index contributed by atoms with van der Waals surface area (Å²) in [6.45, 7) is 2.00. The van der Waals surface area contributed by atoms with Gasteiger partial charge in [-0.25, -0.2) is 0 Å². The summed E-state index contributed by atoms with van der Waals surface area (Å²) in [5.41, 5.74) is 3.71. The number of ether oxygens (including phenoxy) is 1. The number of nitrogens with zero attached hydrogens (tertiary/aromatic N) is 3. The zero-order valence-electron chi connectivity index (χ0n) is 16.3. The molecule has 1 aliphatic rings. The van der Waals surface area contributed by atoms with Crippen molar-refractivity contribution in [2.24, 2.45) is 13.0 Å². The maximum atomic E-state index is 13.6. The fourth-order valence-electron chi connectivity index (χ4n) is 3.97. The molecule has 0 bridgehead atoms. The molecule has 1 aliphatic carbocycles. The van der Waals surface area contributed by atoms with Crippen molar-refractivity contribution in [3.05, 3.63) is 59.5 Å². The van der Waals surface area contributed by atoms with Gasteiger partial charge in [-0.05, 0) is 56.0 Å². The zero-order valence-corrected chi connectivity index (χ0v) is 16.3. The van der Waals surface area contributed by atoms with Gasteiger partial charge in [-0.15, -0.1) is 0 Å². The number of pyridine rings is 1. The summed E-state index contributed by atoms with van der Waals surface area (Å²) >= 11 is 0. The molecule has 0 aliphatic heterocycles. The molecule has 0 radical (unpaired) electrons. The molecule has 4 rings (SSSR count). The van der Waals surface area contributed by atoms with Gasteiger partial charge in [0.15, 0.2) is 0 Å². The number of amides is 1. The number of aryl methyl sites for hydroxylation is 1. The first-order valence-electron chi connectivity index (χ1n) is 9.34. The third kappa shape index (κ3) is 2.97. The molecule has 2 aromatic heterocycles. The highest BCUT2D eigenvalue weighted by Crippen LogP contribution is 2.44. The highest BCUT2D eigenvalue weighted by atomic mass is 16.5. The second kappa shape index (κ2) is 6.72. The van der Waals surface area contributed by atoms with Crippen LogP contribution in [0.25, 0.3) is 10.9 Å². The molecule has 5 nitrogen and oxygen atoms in total. The SMILES string of the molecule is COc1ccc2c(c1)c(C(=O)N(C)[C@@H](c1ccccn1)C1CC1)c(C)n2C. The van der Waals surface area contributed by atoms with E-state index >= 15 is 0 Å². The van der Waals surface area contributed by atoms with Crippen molar-refractivity contribution in [1.29, 1.82) is 0 Å². The van der Waals surface area contributed by atoms with Crippen molar-refractivity contribution in [2.45, 2.75) is 25.8 Å². The first-order chi connectivity index (χ1) is 13.0. The first-order valence-corrected chi connectivity index (χ1v) is 9.34. The predicted octanol–water partition coefficient (Wildman–Crippen LogP) is 4.11. The van der Waals surface area contributed by atoms with Gasteiger partial charge in [-0.1, -0.05) is 6.07 Å². The van der Waals surface area contributed by atoms with Crippen LogP contribution in [-0.4, -0.2) is 34.5 Å². The molecular formula is C22H25N3O2. The van der Waals surface area contributed by atoms with Crippen LogP contribution in [0.15, 0.2) is 42.6 Å². The number of carbonyl (C=O) groups excluding carboxylic acids is 1. The van der Waals surface area contributed by atoms with Gasteiger partial charge in [0, 0.05) is 36.9 Å². The molecule has 27 heavy (non-hydrogen) atoms. The van der Waals surface area contributed by atoms with Gasteiger partial charge in [0.25, 0.3) is 5.91 Å². The predicted molar refractivity (Wildman–Crippen MR) is 106 cm³/mol. The van der Waals surface area contributed by atoms with Gasteiger partial charge >= 0.3 is 0 Å². The fourth-order valence-corrected chi connectivity index (χ4v) is 3.97. The Kier molecular flexibility index (Phi) is 4.38. The number of carbonyl (C=O) groups is 1. The minimum Gasteiger partial charge on any atom is -0.497 e. The fraction of sp³-hybridized carbons (Fsp3) is 0.364.